The van der Waals surface area contributed by atoms with E-state index >= 15 is 0 Å². The molecule has 56 valence electrons. The van der Waals surface area contributed by atoms with Gasteiger partial charge in [-0.15, -0.1) is 0 Å². The first-order chi connectivity index (χ1) is 4.86. The lowest BCUT2D eigenvalue weighted by Gasteiger charge is -2.31. The Morgan fingerprint density at radius 1 is 0.800 bits per heavy atom. The van der Waals surface area contributed by atoms with Crippen LogP contribution in [0, 0.1) is 0 Å². The van der Waals surface area contributed by atoms with Crippen molar-refractivity contribution >= 4 is 35.4 Å². The number of hydrogen-bond acceptors (Lipinski definition) is 2. The van der Waals surface area contributed by atoms with Crippen LogP contribution in [0.25, 0.3) is 0 Å². The fourth-order valence-electron chi connectivity index (χ4n) is 0.948. The number of rotatable bonds is 2. The molecule has 10 heavy (non-hydrogen) atoms. The highest BCUT2D eigenvalue weighted by Gasteiger charge is 2.09. The largest absolute Gasteiger partial charge is 0.365 e. The van der Waals surface area contributed by atoms with Crippen molar-refractivity contribution in [1.29, 1.82) is 0 Å². The molecule has 2 nitrogen and oxygen atoms in total. The molecule has 1 fully saturated rings. The molecule has 1 rings (SSSR count). The third kappa shape index (κ3) is 1.88. The predicted molar refractivity (Wildman–Crippen MR) is 50.5 cm³/mol. The Kier molecular flexibility index (Phi) is 3.02. The quantitative estimate of drug-likeness (QED) is 0.563. The first-order valence-corrected chi connectivity index (χ1v) is 4.20. The van der Waals surface area contributed by atoms with Gasteiger partial charge in [0.15, 0.2) is 0 Å². The molecule has 1 saturated heterocycles. The van der Waals surface area contributed by atoms with Crippen LogP contribution < -0.4 is 0 Å². The minimum absolute atomic E-state index is 1.01. The second-order valence-electron chi connectivity index (χ2n) is 2.28. The van der Waals surface area contributed by atoms with E-state index in [2.05, 4.69) is 9.80 Å². The van der Waals surface area contributed by atoms with Gasteiger partial charge in [-0.25, -0.2) is 0 Å². The summed E-state index contributed by atoms with van der Waals surface area (Å²) >= 11 is 9.59. The average molecular weight is 174 g/mol. The van der Waals surface area contributed by atoms with Crippen molar-refractivity contribution in [3.05, 3.63) is 0 Å². The Labute approximate surface area is 71.8 Å². The normalized spacial score (nSPS) is 18.8. The van der Waals surface area contributed by atoms with Crippen LogP contribution in [0.2, 0.25) is 0 Å². The third-order valence-corrected chi connectivity index (χ3v) is 2.24. The van der Waals surface area contributed by atoms with Crippen LogP contribution in [0.15, 0.2) is 0 Å². The lowest BCUT2D eigenvalue weighted by Crippen LogP contribution is -2.44. The molecule has 0 saturated carbocycles. The fourth-order valence-corrected chi connectivity index (χ4v) is 1.37. The maximum Gasteiger partial charge on any atom is 0.0642 e. The van der Waals surface area contributed by atoms with Gasteiger partial charge in [0.05, 0.1) is 11.0 Å². The molecule has 1 aliphatic heterocycles. The molecule has 0 radical (unpaired) electrons. The van der Waals surface area contributed by atoms with E-state index in [0.717, 1.165) is 26.2 Å². The summed E-state index contributed by atoms with van der Waals surface area (Å²) in [5.41, 5.74) is 3.45. The number of hydrogen-bond donors (Lipinski definition) is 0. The molecule has 1 heterocycles. The summed E-state index contributed by atoms with van der Waals surface area (Å²) < 4.78 is 0. The van der Waals surface area contributed by atoms with Crippen LogP contribution in [-0.2, 0) is 0 Å². The van der Waals surface area contributed by atoms with Crippen molar-refractivity contribution in [1.82, 2.24) is 9.80 Å². The minimum Gasteiger partial charge on any atom is -0.365 e. The number of nitrogens with zero attached hydrogens (tertiary/aromatic N) is 2. The van der Waals surface area contributed by atoms with E-state index in [0.29, 0.717) is 0 Å². The Bertz CT molecular complexity index is 114. The number of piperazine rings is 1. The summed E-state index contributed by atoms with van der Waals surface area (Å²) in [7, 11) is 0. The molecule has 0 atom stereocenters. The summed E-state index contributed by atoms with van der Waals surface area (Å²) in [5, 5.41) is 0. The summed E-state index contributed by atoms with van der Waals surface area (Å²) in [6.45, 7) is 4.04. The molecule has 0 aromatic carbocycles. The van der Waals surface area contributed by atoms with Crippen molar-refractivity contribution in [2.24, 2.45) is 0 Å². The van der Waals surface area contributed by atoms with Crippen LogP contribution >= 0.6 is 24.4 Å². The molecule has 0 unspecified atom stereocenters. The summed E-state index contributed by atoms with van der Waals surface area (Å²) in [5.74, 6) is 0. The van der Waals surface area contributed by atoms with Crippen molar-refractivity contribution < 1.29 is 0 Å². The van der Waals surface area contributed by atoms with Crippen molar-refractivity contribution in [3.8, 4) is 0 Å². The van der Waals surface area contributed by atoms with Gasteiger partial charge in [-0.2, -0.15) is 0 Å². The highest BCUT2D eigenvalue weighted by Crippen LogP contribution is 1.96. The van der Waals surface area contributed by atoms with Crippen LogP contribution in [0.3, 0.4) is 0 Å². The third-order valence-electron chi connectivity index (χ3n) is 1.65. The Morgan fingerprint density at radius 3 is 1.30 bits per heavy atom. The van der Waals surface area contributed by atoms with Crippen molar-refractivity contribution in [2.45, 2.75) is 0 Å². The molecule has 0 N–H and O–H groups in total. The molecule has 0 spiro atoms. The molecule has 0 aliphatic carbocycles. The lowest BCUT2D eigenvalue weighted by molar-refractivity contribution is 0.274. The van der Waals surface area contributed by atoms with E-state index in [9.17, 15) is 0 Å². The molecule has 0 aromatic heterocycles. The molecular weight excluding hydrogens is 164 g/mol. The first kappa shape index (κ1) is 7.88. The van der Waals surface area contributed by atoms with Gasteiger partial charge in [0.25, 0.3) is 0 Å². The van der Waals surface area contributed by atoms with Gasteiger partial charge in [0.1, 0.15) is 0 Å². The van der Waals surface area contributed by atoms with E-state index in [4.69, 9.17) is 24.4 Å². The topological polar surface area (TPSA) is 6.48 Å². The summed E-state index contributed by atoms with van der Waals surface area (Å²) in [6.07, 6.45) is 0. The Balaban J connectivity index is 2.30. The Morgan fingerprint density at radius 2 is 1.10 bits per heavy atom. The predicted octanol–water partition coefficient (Wildman–Crippen LogP) is 0.518. The van der Waals surface area contributed by atoms with E-state index in [1.54, 1.807) is 11.0 Å². The van der Waals surface area contributed by atoms with E-state index in [1.807, 2.05) is 0 Å². The standard InChI is InChI=1S/C6H10N2S2/c9-5-7-1-2-8(6-10)4-3-7/h5-6H,1-4H2. The summed E-state index contributed by atoms with van der Waals surface area (Å²) in [4.78, 5) is 4.26. The average Bonchev–Trinajstić information content (AvgIpc) is 2.05. The van der Waals surface area contributed by atoms with Crippen molar-refractivity contribution in [3.63, 3.8) is 0 Å². The first-order valence-electron chi connectivity index (χ1n) is 3.25. The van der Waals surface area contributed by atoms with Crippen LogP contribution in [0.4, 0.5) is 0 Å². The molecular formula is C6H10N2S2. The van der Waals surface area contributed by atoms with E-state index in [1.165, 1.54) is 0 Å². The molecule has 0 aromatic rings. The lowest BCUT2D eigenvalue weighted by atomic mass is 10.4. The van der Waals surface area contributed by atoms with Crippen LogP contribution in [0.5, 0.6) is 0 Å². The molecule has 1 aliphatic rings. The van der Waals surface area contributed by atoms with Crippen LogP contribution in [0.1, 0.15) is 0 Å². The highest BCUT2D eigenvalue weighted by molar-refractivity contribution is 7.79. The van der Waals surface area contributed by atoms with Gasteiger partial charge in [-0.3, -0.25) is 0 Å². The fraction of sp³-hybridized carbons (Fsp3) is 0.667. The van der Waals surface area contributed by atoms with Gasteiger partial charge in [-0.05, 0) is 0 Å². The minimum atomic E-state index is 1.01. The van der Waals surface area contributed by atoms with E-state index in [-0.39, 0.29) is 0 Å². The summed E-state index contributed by atoms with van der Waals surface area (Å²) in [6, 6.07) is 0. The second kappa shape index (κ2) is 3.83. The monoisotopic (exact) mass is 174 g/mol. The SMILES string of the molecule is S=CN1CCN(C=S)CC1. The smallest absolute Gasteiger partial charge is 0.0642 e. The van der Waals surface area contributed by atoms with Crippen LogP contribution in [-0.4, -0.2) is 47.0 Å². The Hall–Kier alpha value is -0.220. The zero-order valence-corrected chi connectivity index (χ0v) is 7.33. The van der Waals surface area contributed by atoms with Gasteiger partial charge in [0, 0.05) is 26.2 Å². The van der Waals surface area contributed by atoms with Gasteiger partial charge in [0.2, 0.25) is 0 Å². The van der Waals surface area contributed by atoms with Crippen molar-refractivity contribution in [2.75, 3.05) is 26.2 Å². The number of thiocarbonyl (C=S) groups is 2. The maximum absolute atomic E-state index is 4.79. The highest BCUT2D eigenvalue weighted by atomic mass is 32.1. The second-order valence-corrected chi connectivity index (χ2v) is 2.70. The van der Waals surface area contributed by atoms with E-state index < -0.39 is 0 Å². The van der Waals surface area contributed by atoms with Gasteiger partial charge >= 0.3 is 0 Å². The zero-order valence-electron chi connectivity index (χ0n) is 5.69. The molecule has 0 bridgehead atoms. The van der Waals surface area contributed by atoms with Gasteiger partial charge in [-0.1, -0.05) is 24.4 Å². The molecule has 4 heteroatoms. The van der Waals surface area contributed by atoms with Gasteiger partial charge < -0.3 is 9.80 Å². The zero-order chi connectivity index (χ0) is 7.40. The maximum atomic E-state index is 4.79. The molecule has 0 amide bonds.